The molecule has 0 amide bonds. The molecule has 0 aliphatic heterocycles. The van der Waals surface area contributed by atoms with Crippen LogP contribution in [0.15, 0.2) is 0 Å². The summed E-state index contributed by atoms with van der Waals surface area (Å²) in [7, 11) is 2.94. The van der Waals surface area contributed by atoms with Gasteiger partial charge in [-0.05, 0) is 6.42 Å². The van der Waals surface area contributed by atoms with Crippen LogP contribution in [-0.2, 0) is 19.0 Å². The molecule has 13 heavy (non-hydrogen) atoms. The molecule has 0 aliphatic rings. The number of carbonyl (C=O) groups is 1. The highest BCUT2D eigenvalue weighted by Crippen LogP contribution is 1.96. The van der Waals surface area contributed by atoms with E-state index in [1.807, 2.05) is 0 Å². The van der Waals surface area contributed by atoms with Gasteiger partial charge in [0, 0.05) is 21.1 Å². The van der Waals surface area contributed by atoms with Crippen molar-refractivity contribution in [3.8, 4) is 0 Å². The Hall–Kier alpha value is -0.393. The van der Waals surface area contributed by atoms with E-state index in [0.29, 0.717) is 6.61 Å². The summed E-state index contributed by atoms with van der Waals surface area (Å²) in [4.78, 5) is 10.4. The lowest BCUT2D eigenvalue weighted by molar-refractivity contribution is -0.140. The number of hydrogen-bond acceptors (Lipinski definition) is 4. The minimum atomic E-state index is -0.355. The highest BCUT2D eigenvalue weighted by molar-refractivity contribution is 6.36. The Balaban J connectivity index is 3.19. The molecule has 0 fully saturated rings. The average molecular weight is 206 g/mol. The summed E-state index contributed by atoms with van der Waals surface area (Å²) in [5, 5.41) is 0. The van der Waals surface area contributed by atoms with E-state index in [9.17, 15) is 4.79 Å². The van der Waals surface area contributed by atoms with Crippen LogP contribution >= 0.6 is 0 Å². The Morgan fingerprint density at radius 3 is 2.46 bits per heavy atom. The van der Waals surface area contributed by atoms with Gasteiger partial charge >= 0.3 is 5.97 Å². The SMILES string of the molecule is COC(OC)[SiH2]CCCOC(C)=O. The highest BCUT2D eigenvalue weighted by atomic mass is 28.2. The van der Waals surface area contributed by atoms with Crippen molar-refractivity contribution in [2.75, 3.05) is 20.8 Å². The van der Waals surface area contributed by atoms with Crippen LogP contribution in [0.4, 0.5) is 0 Å². The van der Waals surface area contributed by atoms with E-state index in [-0.39, 0.29) is 21.4 Å². The van der Waals surface area contributed by atoms with Gasteiger partial charge in [-0.15, -0.1) is 0 Å². The predicted molar refractivity (Wildman–Crippen MR) is 52.4 cm³/mol. The van der Waals surface area contributed by atoms with Gasteiger partial charge in [-0.25, -0.2) is 0 Å². The summed E-state index contributed by atoms with van der Waals surface area (Å²) < 4.78 is 14.9. The number of methoxy groups -OCH3 is 2. The number of hydrogen-bond donors (Lipinski definition) is 0. The topological polar surface area (TPSA) is 44.8 Å². The molecule has 0 unspecified atom stereocenters. The zero-order chi connectivity index (χ0) is 10.1. The largest absolute Gasteiger partial charge is 0.466 e. The maximum absolute atomic E-state index is 10.4. The summed E-state index contributed by atoms with van der Waals surface area (Å²) in [5.74, 6) is -0.214. The summed E-state index contributed by atoms with van der Waals surface area (Å²) >= 11 is 0. The second-order valence-electron chi connectivity index (χ2n) is 2.74. The van der Waals surface area contributed by atoms with Crippen molar-refractivity contribution in [1.29, 1.82) is 0 Å². The second-order valence-corrected chi connectivity index (χ2v) is 4.69. The Morgan fingerprint density at radius 2 is 2.00 bits per heavy atom. The average Bonchev–Trinajstić information content (AvgIpc) is 2.11. The minimum Gasteiger partial charge on any atom is -0.466 e. The Bertz CT molecular complexity index is 136. The third-order valence-electron chi connectivity index (χ3n) is 1.67. The van der Waals surface area contributed by atoms with Gasteiger partial charge in [-0.2, -0.15) is 0 Å². The molecule has 0 aliphatic carbocycles. The first kappa shape index (κ1) is 12.6. The molecule has 0 atom stereocenters. The maximum atomic E-state index is 10.4. The summed E-state index contributed by atoms with van der Waals surface area (Å²) in [6.45, 7) is 1.94. The van der Waals surface area contributed by atoms with E-state index >= 15 is 0 Å². The van der Waals surface area contributed by atoms with Crippen LogP contribution in [0.25, 0.3) is 0 Å². The van der Waals surface area contributed by atoms with Gasteiger partial charge in [0.15, 0.2) is 0 Å². The third-order valence-corrected chi connectivity index (χ3v) is 3.71. The van der Waals surface area contributed by atoms with E-state index in [4.69, 9.17) is 14.2 Å². The molecule has 0 aromatic rings. The van der Waals surface area contributed by atoms with Gasteiger partial charge in [0.2, 0.25) is 0 Å². The van der Waals surface area contributed by atoms with Crippen molar-refractivity contribution >= 4 is 15.5 Å². The van der Waals surface area contributed by atoms with Gasteiger partial charge < -0.3 is 14.2 Å². The zero-order valence-corrected chi connectivity index (χ0v) is 9.95. The normalized spacial score (nSPS) is 11.4. The lowest BCUT2D eigenvalue weighted by Gasteiger charge is -2.11. The molecule has 0 radical (unpaired) electrons. The summed E-state index contributed by atoms with van der Waals surface area (Å²) in [6, 6.07) is 1.07. The molecule has 5 heteroatoms. The molecule has 0 saturated heterocycles. The Labute approximate surface area is 81.4 Å². The molecule has 78 valence electrons. The predicted octanol–water partition coefficient (Wildman–Crippen LogP) is 0.103. The van der Waals surface area contributed by atoms with Crippen LogP contribution in [-0.4, -0.2) is 42.2 Å². The molecule has 0 heterocycles. The first-order chi connectivity index (χ1) is 6.20. The van der Waals surface area contributed by atoms with Gasteiger partial charge in [-0.1, -0.05) is 6.04 Å². The zero-order valence-electron chi connectivity index (χ0n) is 8.54. The molecular weight excluding hydrogens is 188 g/mol. The minimum absolute atomic E-state index is 0.00247. The first-order valence-electron chi connectivity index (χ1n) is 4.39. The van der Waals surface area contributed by atoms with Crippen molar-refractivity contribution in [2.24, 2.45) is 0 Å². The van der Waals surface area contributed by atoms with Gasteiger partial charge in [0.05, 0.1) is 16.1 Å². The van der Waals surface area contributed by atoms with Crippen LogP contribution in [0.5, 0.6) is 0 Å². The molecule has 0 saturated carbocycles. The smallest absolute Gasteiger partial charge is 0.302 e. The molecule has 0 bridgehead atoms. The van der Waals surface area contributed by atoms with Crippen molar-refractivity contribution in [3.05, 3.63) is 0 Å². The quantitative estimate of drug-likeness (QED) is 0.256. The third kappa shape index (κ3) is 7.95. The van der Waals surface area contributed by atoms with E-state index in [1.165, 1.54) is 6.92 Å². The van der Waals surface area contributed by atoms with Crippen LogP contribution in [0.2, 0.25) is 6.04 Å². The molecule has 0 N–H and O–H groups in total. The lowest BCUT2D eigenvalue weighted by atomic mass is 10.5. The van der Waals surface area contributed by atoms with Crippen molar-refractivity contribution in [1.82, 2.24) is 0 Å². The van der Waals surface area contributed by atoms with Crippen molar-refractivity contribution in [2.45, 2.75) is 25.3 Å². The standard InChI is InChI=1S/C8H18O4Si/c1-7(9)12-5-4-6-13-8(10-2)11-3/h8H,4-6,13H2,1-3H3. The van der Waals surface area contributed by atoms with E-state index in [2.05, 4.69) is 0 Å². The maximum Gasteiger partial charge on any atom is 0.302 e. The number of ether oxygens (including phenoxy) is 3. The number of rotatable bonds is 7. The van der Waals surface area contributed by atoms with Crippen LogP contribution in [0, 0.1) is 0 Å². The molecule has 0 aromatic heterocycles. The van der Waals surface area contributed by atoms with Crippen LogP contribution < -0.4 is 0 Å². The van der Waals surface area contributed by atoms with Gasteiger partial charge in [-0.3, -0.25) is 4.79 Å². The van der Waals surface area contributed by atoms with Crippen LogP contribution in [0.1, 0.15) is 13.3 Å². The molecular formula is C8H18O4Si. The first-order valence-corrected chi connectivity index (χ1v) is 6.21. The fourth-order valence-corrected chi connectivity index (χ4v) is 2.26. The number of carbonyl (C=O) groups excluding carboxylic acids is 1. The van der Waals surface area contributed by atoms with Crippen molar-refractivity contribution in [3.63, 3.8) is 0 Å². The number of esters is 1. The molecule has 0 aromatic carbocycles. The fraction of sp³-hybridized carbons (Fsp3) is 0.875. The van der Waals surface area contributed by atoms with Gasteiger partial charge in [0.25, 0.3) is 0 Å². The van der Waals surface area contributed by atoms with Crippen molar-refractivity contribution < 1.29 is 19.0 Å². The van der Waals surface area contributed by atoms with E-state index in [0.717, 1.165) is 12.5 Å². The fourth-order valence-electron chi connectivity index (χ4n) is 0.961. The van der Waals surface area contributed by atoms with E-state index in [1.54, 1.807) is 14.2 Å². The monoisotopic (exact) mass is 206 g/mol. The van der Waals surface area contributed by atoms with E-state index < -0.39 is 0 Å². The molecule has 0 spiro atoms. The Morgan fingerprint density at radius 1 is 1.38 bits per heavy atom. The Kier molecular flexibility index (Phi) is 7.97. The lowest BCUT2D eigenvalue weighted by Crippen LogP contribution is -2.21. The highest BCUT2D eigenvalue weighted by Gasteiger charge is 2.04. The second kappa shape index (κ2) is 8.22. The van der Waals surface area contributed by atoms with Gasteiger partial charge in [0.1, 0.15) is 5.91 Å². The summed E-state index contributed by atoms with van der Waals surface area (Å²) in [5.41, 5.74) is 0. The van der Waals surface area contributed by atoms with Crippen LogP contribution in [0.3, 0.4) is 0 Å². The molecule has 0 rings (SSSR count). The molecule has 4 nitrogen and oxygen atoms in total. The summed E-state index contributed by atoms with van der Waals surface area (Å²) in [6.07, 6.45) is 0.912.